The first kappa shape index (κ1) is 14.1. The summed E-state index contributed by atoms with van der Waals surface area (Å²) in [5, 5.41) is 12.3. The minimum atomic E-state index is -0.620. The zero-order chi connectivity index (χ0) is 12.9. The van der Waals surface area contributed by atoms with Crippen LogP contribution in [0, 0.1) is 0 Å². The molecule has 0 bridgehead atoms. The van der Waals surface area contributed by atoms with Crippen LogP contribution < -0.4 is 5.32 Å². The summed E-state index contributed by atoms with van der Waals surface area (Å²) in [4.78, 5) is 11.8. The van der Waals surface area contributed by atoms with Crippen LogP contribution in [-0.4, -0.2) is 28.3 Å². The van der Waals surface area contributed by atoms with E-state index in [4.69, 9.17) is 23.2 Å². The number of carbonyl (C=O) groups is 1. The molecule has 0 saturated heterocycles. The molecule has 2 N–H and O–H groups in total. The normalized spacial score (nSPS) is 11.2. The average Bonchev–Trinajstić information content (AvgIpc) is 2.32. The lowest BCUT2D eigenvalue weighted by atomic mass is 10.1. The molecule has 3 nitrogen and oxygen atoms in total. The van der Waals surface area contributed by atoms with Gasteiger partial charge in [0, 0.05) is 17.3 Å². The van der Waals surface area contributed by atoms with Crippen molar-refractivity contribution in [2.75, 3.05) is 11.8 Å². The second kappa shape index (κ2) is 6.12. The smallest absolute Gasteiger partial charge is 0.225 e. The molecular formula is C12H15Cl2NO2. The zero-order valence-corrected chi connectivity index (χ0v) is 11.1. The number of aromatic hydroxyl groups is 1. The van der Waals surface area contributed by atoms with Crippen LogP contribution in [0.1, 0.15) is 12.5 Å². The van der Waals surface area contributed by atoms with E-state index in [1.54, 1.807) is 31.2 Å². The van der Waals surface area contributed by atoms with Crippen molar-refractivity contribution in [3.8, 4) is 5.75 Å². The molecule has 17 heavy (non-hydrogen) atoms. The number of para-hydroxylation sites is 1. The minimum Gasteiger partial charge on any atom is -0.508 e. The summed E-state index contributed by atoms with van der Waals surface area (Å²) in [5.74, 6) is 0.378. The number of alkyl halides is 2. The van der Waals surface area contributed by atoms with Gasteiger partial charge >= 0.3 is 0 Å². The maximum absolute atomic E-state index is 11.8. The van der Waals surface area contributed by atoms with Gasteiger partial charge in [0.2, 0.25) is 5.91 Å². The van der Waals surface area contributed by atoms with Crippen LogP contribution >= 0.6 is 23.2 Å². The summed E-state index contributed by atoms with van der Waals surface area (Å²) in [7, 11) is 0. The Kier molecular flexibility index (Phi) is 5.09. The molecule has 0 atom stereocenters. The fourth-order valence-corrected chi connectivity index (χ4v) is 1.74. The second-order valence-corrected chi connectivity index (χ2v) is 4.72. The van der Waals surface area contributed by atoms with E-state index in [1.165, 1.54) is 0 Å². The third-order valence-corrected chi connectivity index (χ3v) is 3.55. The Morgan fingerprint density at radius 3 is 2.47 bits per heavy atom. The maximum atomic E-state index is 11.8. The first-order valence-electron chi connectivity index (χ1n) is 5.20. The number of halogens is 2. The molecule has 0 aliphatic heterocycles. The number of benzene rings is 1. The van der Waals surface area contributed by atoms with E-state index >= 15 is 0 Å². The molecule has 0 saturated carbocycles. The molecular weight excluding hydrogens is 261 g/mol. The third kappa shape index (κ3) is 4.10. The van der Waals surface area contributed by atoms with Crippen LogP contribution in [-0.2, 0) is 11.2 Å². The van der Waals surface area contributed by atoms with Crippen molar-refractivity contribution in [2.45, 2.75) is 18.9 Å². The lowest BCUT2D eigenvalue weighted by Gasteiger charge is -2.25. The number of hydrogen-bond donors (Lipinski definition) is 2. The van der Waals surface area contributed by atoms with E-state index in [0.29, 0.717) is 5.56 Å². The van der Waals surface area contributed by atoms with Crippen molar-refractivity contribution >= 4 is 29.1 Å². The number of nitrogens with one attached hydrogen (secondary N) is 1. The predicted octanol–water partition coefficient (Wildman–Crippen LogP) is 2.29. The maximum Gasteiger partial charge on any atom is 0.225 e. The predicted molar refractivity (Wildman–Crippen MR) is 69.8 cm³/mol. The van der Waals surface area contributed by atoms with Gasteiger partial charge in [-0.2, -0.15) is 0 Å². The number of carbonyl (C=O) groups excluding carboxylic acids is 1. The van der Waals surface area contributed by atoms with Crippen molar-refractivity contribution in [2.24, 2.45) is 0 Å². The SMILES string of the molecule is CC(CCl)(CCl)NC(=O)Cc1ccccc1O. The topological polar surface area (TPSA) is 49.3 Å². The Labute approximate surface area is 111 Å². The molecule has 0 unspecified atom stereocenters. The fraction of sp³-hybridized carbons (Fsp3) is 0.417. The monoisotopic (exact) mass is 275 g/mol. The first-order valence-corrected chi connectivity index (χ1v) is 6.27. The molecule has 1 aromatic rings. The summed E-state index contributed by atoms with van der Waals surface area (Å²) in [6.07, 6.45) is 0.107. The number of hydrogen-bond acceptors (Lipinski definition) is 2. The standard InChI is InChI=1S/C12H15Cl2NO2/c1-12(7-13,8-14)15-11(17)6-9-4-2-3-5-10(9)16/h2-5,16H,6-8H2,1H3,(H,15,17). The molecule has 0 fully saturated rings. The number of rotatable bonds is 5. The van der Waals surface area contributed by atoms with E-state index in [2.05, 4.69) is 5.32 Å². The van der Waals surface area contributed by atoms with E-state index in [0.717, 1.165) is 0 Å². The number of amides is 1. The molecule has 0 aliphatic rings. The lowest BCUT2D eigenvalue weighted by molar-refractivity contribution is -0.121. The second-order valence-electron chi connectivity index (χ2n) is 4.18. The van der Waals surface area contributed by atoms with Gasteiger partial charge < -0.3 is 10.4 Å². The van der Waals surface area contributed by atoms with Gasteiger partial charge in [-0.15, -0.1) is 23.2 Å². The fourth-order valence-electron chi connectivity index (χ4n) is 1.32. The Bertz CT molecular complexity index is 392. The van der Waals surface area contributed by atoms with Gasteiger partial charge in [0.1, 0.15) is 5.75 Å². The lowest BCUT2D eigenvalue weighted by Crippen LogP contribution is -2.49. The highest BCUT2D eigenvalue weighted by Gasteiger charge is 2.24. The van der Waals surface area contributed by atoms with Crippen molar-refractivity contribution in [1.29, 1.82) is 0 Å². The van der Waals surface area contributed by atoms with Gasteiger partial charge in [-0.25, -0.2) is 0 Å². The van der Waals surface area contributed by atoms with Crippen LogP contribution in [0.25, 0.3) is 0 Å². The van der Waals surface area contributed by atoms with Crippen LogP contribution in [0.4, 0.5) is 0 Å². The van der Waals surface area contributed by atoms with Crippen LogP contribution in [0.3, 0.4) is 0 Å². The Morgan fingerprint density at radius 2 is 1.94 bits per heavy atom. The van der Waals surface area contributed by atoms with Crippen LogP contribution in [0.5, 0.6) is 5.75 Å². The molecule has 94 valence electrons. The third-order valence-electron chi connectivity index (χ3n) is 2.37. The van der Waals surface area contributed by atoms with Crippen LogP contribution in [0.2, 0.25) is 0 Å². The molecule has 0 aromatic heterocycles. The Balaban J connectivity index is 2.65. The summed E-state index contributed by atoms with van der Waals surface area (Å²) in [6, 6.07) is 6.72. The average molecular weight is 276 g/mol. The Hall–Kier alpha value is -0.930. The molecule has 0 radical (unpaired) electrons. The van der Waals surface area contributed by atoms with Crippen molar-refractivity contribution < 1.29 is 9.90 Å². The van der Waals surface area contributed by atoms with E-state index in [1.807, 2.05) is 0 Å². The minimum absolute atomic E-state index is 0.107. The summed E-state index contributed by atoms with van der Waals surface area (Å²) >= 11 is 11.5. The Morgan fingerprint density at radius 1 is 1.35 bits per heavy atom. The molecule has 0 spiro atoms. The van der Waals surface area contributed by atoms with E-state index < -0.39 is 5.54 Å². The van der Waals surface area contributed by atoms with Crippen molar-refractivity contribution in [3.63, 3.8) is 0 Å². The zero-order valence-electron chi connectivity index (χ0n) is 9.54. The number of phenols is 1. The van der Waals surface area contributed by atoms with Gasteiger partial charge in [-0.05, 0) is 13.0 Å². The van der Waals surface area contributed by atoms with Gasteiger partial charge in [0.25, 0.3) is 0 Å². The van der Waals surface area contributed by atoms with Crippen molar-refractivity contribution in [3.05, 3.63) is 29.8 Å². The van der Waals surface area contributed by atoms with Crippen molar-refractivity contribution in [1.82, 2.24) is 5.32 Å². The first-order chi connectivity index (χ1) is 8.00. The van der Waals surface area contributed by atoms with Gasteiger partial charge in [-0.1, -0.05) is 18.2 Å². The van der Waals surface area contributed by atoms with Gasteiger partial charge in [0.05, 0.1) is 12.0 Å². The molecule has 1 amide bonds. The highest BCUT2D eigenvalue weighted by molar-refractivity contribution is 6.22. The molecule has 5 heteroatoms. The highest BCUT2D eigenvalue weighted by Crippen LogP contribution is 2.17. The highest BCUT2D eigenvalue weighted by atomic mass is 35.5. The van der Waals surface area contributed by atoms with E-state index in [9.17, 15) is 9.90 Å². The molecule has 0 heterocycles. The van der Waals surface area contributed by atoms with Gasteiger partial charge in [0.15, 0.2) is 0 Å². The summed E-state index contributed by atoms with van der Waals surface area (Å²) in [5.41, 5.74) is -0.0404. The number of phenolic OH excluding ortho intramolecular Hbond substituents is 1. The summed E-state index contributed by atoms with van der Waals surface area (Å²) in [6.45, 7) is 1.77. The molecule has 0 aliphatic carbocycles. The summed E-state index contributed by atoms with van der Waals surface area (Å²) < 4.78 is 0. The quantitative estimate of drug-likeness (QED) is 0.811. The molecule has 1 aromatic carbocycles. The largest absolute Gasteiger partial charge is 0.508 e. The molecule has 1 rings (SSSR count). The van der Waals surface area contributed by atoms with Gasteiger partial charge in [-0.3, -0.25) is 4.79 Å². The van der Waals surface area contributed by atoms with Crippen LogP contribution in [0.15, 0.2) is 24.3 Å². The van der Waals surface area contributed by atoms with E-state index in [-0.39, 0.29) is 29.8 Å².